The standard InChI is InChI=1S/C10H6INO2S/c11-7-4-2-1-3-6(7)5-8-9(13)12-10(14)15-8/h1-5H,(H,12,13,14)/b8-5-. The molecule has 0 unspecified atom stereocenters. The Labute approximate surface area is 104 Å². The summed E-state index contributed by atoms with van der Waals surface area (Å²) in [5.41, 5.74) is 0.949. The van der Waals surface area contributed by atoms with Crippen molar-refractivity contribution in [3.8, 4) is 0 Å². The Balaban J connectivity index is 2.35. The summed E-state index contributed by atoms with van der Waals surface area (Å²) in [6, 6.07) is 7.68. The SMILES string of the molecule is O=C1NC(=O)/C(=C/c2ccccc2I)S1. The van der Waals surface area contributed by atoms with Gasteiger partial charge in [-0.25, -0.2) is 0 Å². The van der Waals surface area contributed by atoms with Crippen molar-refractivity contribution in [1.29, 1.82) is 0 Å². The number of nitrogens with one attached hydrogen (secondary N) is 1. The van der Waals surface area contributed by atoms with Gasteiger partial charge in [0.15, 0.2) is 0 Å². The van der Waals surface area contributed by atoms with Crippen LogP contribution in [0.3, 0.4) is 0 Å². The number of rotatable bonds is 1. The summed E-state index contributed by atoms with van der Waals surface area (Å²) < 4.78 is 1.05. The molecule has 1 N–H and O–H groups in total. The van der Waals surface area contributed by atoms with Crippen molar-refractivity contribution >= 4 is 51.6 Å². The highest BCUT2D eigenvalue weighted by atomic mass is 127. The molecule has 1 aliphatic heterocycles. The van der Waals surface area contributed by atoms with Gasteiger partial charge in [0, 0.05) is 3.57 Å². The molecule has 0 bridgehead atoms. The number of amides is 2. The van der Waals surface area contributed by atoms with Crippen molar-refractivity contribution in [3.05, 3.63) is 38.3 Å². The summed E-state index contributed by atoms with van der Waals surface area (Å²) in [6.07, 6.45) is 1.73. The average Bonchev–Trinajstić information content (AvgIpc) is 2.49. The van der Waals surface area contributed by atoms with E-state index in [4.69, 9.17) is 0 Å². The Morgan fingerprint density at radius 3 is 2.60 bits per heavy atom. The molecule has 1 heterocycles. The lowest BCUT2D eigenvalue weighted by molar-refractivity contribution is -0.115. The predicted octanol–water partition coefficient (Wildman–Crippen LogP) is 2.62. The number of imide groups is 1. The minimum atomic E-state index is -0.315. The fraction of sp³-hybridized carbons (Fsp3) is 0. The first-order valence-electron chi connectivity index (χ1n) is 4.16. The van der Waals surface area contributed by atoms with Crippen LogP contribution in [0.5, 0.6) is 0 Å². The minimum Gasteiger partial charge on any atom is -0.282 e. The van der Waals surface area contributed by atoms with Crippen LogP contribution < -0.4 is 5.32 Å². The van der Waals surface area contributed by atoms with Crippen molar-refractivity contribution in [3.63, 3.8) is 0 Å². The van der Waals surface area contributed by atoms with Crippen molar-refractivity contribution in [2.24, 2.45) is 0 Å². The maximum atomic E-state index is 11.3. The number of carbonyl (C=O) groups excluding carboxylic acids is 2. The van der Waals surface area contributed by atoms with E-state index in [2.05, 4.69) is 27.9 Å². The summed E-state index contributed by atoms with van der Waals surface area (Å²) >= 11 is 3.12. The predicted molar refractivity (Wildman–Crippen MR) is 68.3 cm³/mol. The van der Waals surface area contributed by atoms with Gasteiger partial charge >= 0.3 is 0 Å². The lowest BCUT2D eigenvalue weighted by atomic mass is 10.2. The van der Waals surface area contributed by atoms with E-state index in [1.807, 2.05) is 24.3 Å². The van der Waals surface area contributed by atoms with Crippen LogP contribution in [0, 0.1) is 3.57 Å². The summed E-state index contributed by atoms with van der Waals surface area (Å²) in [6.45, 7) is 0. The number of halogens is 1. The van der Waals surface area contributed by atoms with Crippen molar-refractivity contribution in [2.75, 3.05) is 0 Å². The third-order valence-electron chi connectivity index (χ3n) is 1.83. The van der Waals surface area contributed by atoms with Gasteiger partial charge in [-0.1, -0.05) is 18.2 Å². The summed E-state index contributed by atoms with van der Waals surface area (Å²) in [4.78, 5) is 22.7. The minimum absolute atomic E-state index is 0.308. The molecular formula is C10H6INO2S. The van der Waals surface area contributed by atoms with Gasteiger partial charge in [-0.3, -0.25) is 14.9 Å². The first kappa shape index (κ1) is 10.7. The number of carbonyl (C=O) groups is 2. The van der Waals surface area contributed by atoms with Crippen LogP contribution in [-0.4, -0.2) is 11.1 Å². The molecule has 0 radical (unpaired) electrons. The zero-order valence-electron chi connectivity index (χ0n) is 7.49. The van der Waals surface area contributed by atoms with Gasteiger partial charge in [0.05, 0.1) is 4.91 Å². The monoisotopic (exact) mass is 331 g/mol. The quantitative estimate of drug-likeness (QED) is 0.636. The zero-order valence-corrected chi connectivity index (χ0v) is 10.5. The molecule has 76 valence electrons. The van der Waals surface area contributed by atoms with Crippen LogP contribution in [0.2, 0.25) is 0 Å². The van der Waals surface area contributed by atoms with E-state index in [1.54, 1.807) is 6.08 Å². The number of benzene rings is 1. The molecule has 1 fully saturated rings. The van der Waals surface area contributed by atoms with E-state index in [0.29, 0.717) is 4.91 Å². The number of hydrogen-bond donors (Lipinski definition) is 1. The topological polar surface area (TPSA) is 46.2 Å². The molecule has 5 heteroatoms. The summed E-state index contributed by atoms with van der Waals surface area (Å²) in [5, 5.41) is 1.91. The molecule has 0 aliphatic carbocycles. The van der Waals surface area contributed by atoms with Crippen LogP contribution >= 0.6 is 34.4 Å². The van der Waals surface area contributed by atoms with E-state index < -0.39 is 0 Å². The first-order chi connectivity index (χ1) is 7.16. The first-order valence-corrected chi connectivity index (χ1v) is 6.06. The molecule has 0 saturated carbocycles. The van der Waals surface area contributed by atoms with Gasteiger partial charge in [0.25, 0.3) is 11.1 Å². The Hall–Kier alpha value is -0.820. The molecule has 2 amide bonds. The number of hydrogen-bond acceptors (Lipinski definition) is 3. The molecule has 1 saturated heterocycles. The van der Waals surface area contributed by atoms with E-state index in [-0.39, 0.29) is 11.1 Å². The molecule has 0 aromatic heterocycles. The molecular weight excluding hydrogens is 325 g/mol. The van der Waals surface area contributed by atoms with Crippen molar-refractivity contribution in [2.45, 2.75) is 0 Å². The molecule has 1 aliphatic rings. The normalized spacial score (nSPS) is 18.3. The van der Waals surface area contributed by atoms with Gasteiger partial charge in [0.1, 0.15) is 0 Å². The highest BCUT2D eigenvalue weighted by molar-refractivity contribution is 14.1. The largest absolute Gasteiger partial charge is 0.290 e. The second-order valence-electron chi connectivity index (χ2n) is 2.87. The maximum absolute atomic E-state index is 11.3. The second kappa shape index (κ2) is 4.36. The Morgan fingerprint density at radius 2 is 2.00 bits per heavy atom. The van der Waals surface area contributed by atoms with Crippen LogP contribution in [0.15, 0.2) is 29.2 Å². The van der Waals surface area contributed by atoms with E-state index in [0.717, 1.165) is 20.9 Å². The maximum Gasteiger partial charge on any atom is 0.290 e. The molecule has 1 aromatic carbocycles. The van der Waals surface area contributed by atoms with E-state index in [1.165, 1.54) is 0 Å². The van der Waals surface area contributed by atoms with Crippen LogP contribution in [0.25, 0.3) is 6.08 Å². The number of thioether (sulfide) groups is 1. The van der Waals surface area contributed by atoms with Gasteiger partial charge in [-0.15, -0.1) is 0 Å². The Kier molecular flexibility index (Phi) is 3.11. The lowest BCUT2D eigenvalue weighted by Gasteiger charge is -1.97. The summed E-state index contributed by atoms with van der Waals surface area (Å²) in [5.74, 6) is -0.315. The molecule has 1 aromatic rings. The Morgan fingerprint density at radius 1 is 1.27 bits per heavy atom. The molecule has 0 spiro atoms. The molecule has 2 rings (SSSR count). The van der Waals surface area contributed by atoms with Gasteiger partial charge in [-0.05, 0) is 52.1 Å². The second-order valence-corrected chi connectivity index (χ2v) is 5.05. The smallest absolute Gasteiger partial charge is 0.282 e. The molecule has 3 nitrogen and oxygen atoms in total. The lowest BCUT2D eigenvalue weighted by Crippen LogP contribution is -2.17. The third kappa shape index (κ3) is 2.40. The Bertz CT molecular complexity index is 470. The van der Waals surface area contributed by atoms with Gasteiger partial charge < -0.3 is 0 Å². The summed E-state index contributed by atoms with van der Waals surface area (Å²) in [7, 11) is 0. The highest BCUT2D eigenvalue weighted by Gasteiger charge is 2.24. The van der Waals surface area contributed by atoms with Gasteiger partial charge in [-0.2, -0.15) is 0 Å². The fourth-order valence-corrected chi connectivity index (χ4v) is 2.37. The molecule has 15 heavy (non-hydrogen) atoms. The van der Waals surface area contributed by atoms with E-state index in [9.17, 15) is 9.59 Å². The average molecular weight is 331 g/mol. The van der Waals surface area contributed by atoms with Gasteiger partial charge in [0.2, 0.25) is 0 Å². The zero-order chi connectivity index (χ0) is 10.8. The molecule has 0 atom stereocenters. The van der Waals surface area contributed by atoms with Crippen molar-refractivity contribution < 1.29 is 9.59 Å². The highest BCUT2D eigenvalue weighted by Crippen LogP contribution is 2.26. The van der Waals surface area contributed by atoms with E-state index >= 15 is 0 Å². The fourth-order valence-electron chi connectivity index (χ4n) is 1.15. The third-order valence-corrected chi connectivity index (χ3v) is 3.63. The van der Waals surface area contributed by atoms with Crippen LogP contribution in [-0.2, 0) is 4.79 Å². The van der Waals surface area contributed by atoms with Crippen LogP contribution in [0.4, 0.5) is 4.79 Å². The van der Waals surface area contributed by atoms with Crippen molar-refractivity contribution in [1.82, 2.24) is 5.32 Å². The van der Waals surface area contributed by atoms with Crippen LogP contribution in [0.1, 0.15) is 5.56 Å².